The summed E-state index contributed by atoms with van der Waals surface area (Å²) in [5.74, 6) is 1.59. The van der Waals surface area contributed by atoms with Gasteiger partial charge in [-0.25, -0.2) is 28.4 Å². The lowest BCUT2D eigenvalue weighted by molar-refractivity contribution is -0.0363. The van der Waals surface area contributed by atoms with Crippen LogP contribution in [0.4, 0.5) is 26.0 Å². The highest BCUT2D eigenvalue weighted by Gasteiger charge is 2.29. The van der Waals surface area contributed by atoms with Gasteiger partial charge < -0.3 is 19.6 Å². The number of nitrogens with zero attached hydrogens (tertiary/aromatic N) is 8. The van der Waals surface area contributed by atoms with Crippen molar-refractivity contribution < 1.29 is 18.3 Å². The maximum Gasteiger partial charge on any atom is 0.295 e. The van der Waals surface area contributed by atoms with Crippen molar-refractivity contribution in [3.05, 3.63) is 76.9 Å². The third-order valence-electron chi connectivity index (χ3n) is 7.23. The molecule has 6 rings (SSSR count). The SMILES string of the molecule is [C-]#[N+]c1cccc(Cc2cc(Nc3cccc(-c4nc(C)nn4C)c3OC)c3nc(C(F)F)n(C4CCCCO4)c3n2)n1. The molecule has 43 heavy (non-hydrogen) atoms. The van der Waals surface area contributed by atoms with Crippen LogP contribution in [0.3, 0.4) is 0 Å². The lowest BCUT2D eigenvalue weighted by Gasteiger charge is -2.25. The largest absolute Gasteiger partial charge is 0.494 e. The minimum atomic E-state index is -2.84. The fourth-order valence-corrected chi connectivity index (χ4v) is 5.42. The lowest BCUT2D eigenvalue weighted by atomic mass is 10.1. The number of para-hydroxylation sites is 1. The van der Waals surface area contributed by atoms with E-state index >= 15 is 0 Å². The van der Waals surface area contributed by atoms with Crippen LogP contribution in [0.1, 0.15) is 55.0 Å². The first kappa shape index (κ1) is 28.2. The van der Waals surface area contributed by atoms with Gasteiger partial charge in [-0.2, -0.15) is 5.10 Å². The molecule has 0 saturated carbocycles. The Morgan fingerprint density at radius 2 is 1.93 bits per heavy atom. The molecule has 1 aliphatic rings. The van der Waals surface area contributed by atoms with Gasteiger partial charge in [-0.3, -0.25) is 4.57 Å². The van der Waals surface area contributed by atoms with Crippen molar-refractivity contribution >= 4 is 28.4 Å². The van der Waals surface area contributed by atoms with Gasteiger partial charge in [-0.1, -0.05) is 18.7 Å². The second kappa shape index (κ2) is 11.7. The van der Waals surface area contributed by atoms with Gasteiger partial charge in [0.25, 0.3) is 12.2 Å². The maximum absolute atomic E-state index is 14.4. The van der Waals surface area contributed by atoms with Gasteiger partial charge >= 0.3 is 0 Å². The van der Waals surface area contributed by atoms with Crippen LogP contribution >= 0.6 is 0 Å². The first-order valence-corrected chi connectivity index (χ1v) is 13.8. The third-order valence-corrected chi connectivity index (χ3v) is 7.23. The van der Waals surface area contributed by atoms with Crippen molar-refractivity contribution in [2.24, 2.45) is 7.05 Å². The number of fused-ring (bicyclic) bond motifs is 1. The van der Waals surface area contributed by atoms with E-state index in [0.29, 0.717) is 58.8 Å². The third kappa shape index (κ3) is 5.49. The summed E-state index contributed by atoms with van der Waals surface area (Å²) in [7, 11) is 3.36. The molecule has 220 valence electrons. The summed E-state index contributed by atoms with van der Waals surface area (Å²) in [6, 6.07) is 12.5. The van der Waals surface area contributed by atoms with Gasteiger partial charge in [0.2, 0.25) is 0 Å². The number of imidazole rings is 1. The first-order chi connectivity index (χ1) is 20.9. The molecule has 5 aromatic rings. The molecule has 1 N–H and O–H groups in total. The molecule has 0 bridgehead atoms. The molecule has 0 amide bonds. The highest BCUT2D eigenvalue weighted by molar-refractivity contribution is 5.91. The van der Waals surface area contributed by atoms with Crippen molar-refractivity contribution in [3.8, 4) is 17.1 Å². The van der Waals surface area contributed by atoms with Gasteiger partial charge in [-0.15, -0.1) is 4.98 Å². The Kier molecular flexibility index (Phi) is 7.69. The monoisotopic (exact) mass is 585 g/mol. The summed E-state index contributed by atoms with van der Waals surface area (Å²) >= 11 is 0. The highest BCUT2D eigenvalue weighted by Crippen LogP contribution is 2.40. The molecule has 1 fully saturated rings. The Morgan fingerprint density at radius 3 is 2.63 bits per heavy atom. The van der Waals surface area contributed by atoms with E-state index in [1.165, 1.54) is 4.57 Å². The summed E-state index contributed by atoms with van der Waals surface area (Å²) < 4.78 is 43.8. The standard InChI is InChI=1S/C30H29F2N9O2/c1-17-34-28(40(3)39-17)20-10-8-11-21(26(20)42-4)37-22-16-19(15-18-9-7-12-23(33-2)35-18)36-29-25(22)38-30(27(31)32)41(29)24-13-5-6-14-43-24/h7-12,16,24,27H,5-6,13-15H2,1,3-4H3,(H,36,37). The predicted molar refractivity (Wildman–Crippen MR) is 156 cm³/mol. The van der Waals surface area contributed by atoms with Gasteiger partial charge in [0.05, 0.1) is 36.2 Å². The zero-order valence-electron chi connectivity index (χ0n) is 23.9. The van der Waals surface area contributed by atoms with E-state index in [9.17, 15) is 8.78 Å². The highest BCUT2D eigenvalue weighted by atomic mass is 19.3. The van der Waals surface area contributed by atoms with Crippen molar-refractivity contribution in [2.75, 3.05) is 19.0 Å². The topological polar surface area (TPSA) is 109 Å². The molecular formula is C30H29F2N9O2. The smallest absolute Gasteiger partial charge is 0.295 e. The Balaban J connectivity index is 1.52. The molecule has 0 radical (unpaired) electrons. The number of alkyl halides is 2. The van der Waals surface area contributed by atoms with E-state index in [4.69, 9.17) is 21.0 Å². The van der Waals surface area contributed by atoms with Crippen LogP contribution in [-0.4, -0.2) is 48.0 Å². The van der Waals surface area contributed by atoms with E-state index in [1.54, 1.807) is 43.1 Å². The Bertz CT molecular complexity index is 1840. The van der Waals surface area contributed by atoms with Crippen LogP contribution in [0, 0.1) is 13.5 Å². The zero-order valence-corrected chi connectivity index (χ0v) is 23.9. The predicted octanol–water partition coefficient (Wildman–Crippen LogP) is 6.46. The van der Waals surface area contributed by atoms with Crippen LogP contribution in [0.2, 0.25) is 0 Å². The molecule has 13 heteroatoms. The number of anilines is 2. The number of nitrogens with one attached hydrogen (secondary N) is 1. The van der Waals surface area contributed by atoms with Gasteiger partial charge in [0.15, 0.2) is 23.0 Å². The summed E-state index contributed by atoms with van der Waals surface area (Å²) in [4.78, 5) is 21.6. The van der Waals surface area contributed by atoms with E-state index in [2.05, 4.69) is 30.2 Å². The first-order valence-electron chi connectivity index (χ1n) is 13.8. The molecule has 1 aromatic carbocycles. The maximum atomic E-state index is 14.4. The average Bonchev–Trinajstić information content (AvgIpc) is 3.57. The molecule has 0 spiro atoms. The fraction of sp³-hybridized carbons (Fsp3) is 0.333. The quantitative estimate of drug-likeness (QED) is 0.207. The van der Waals surface area contributed by atoms with Crippen molar-refractivity contribution in [3.63, 3.8) is 0 Å². The zero-order chi connectivity index (χ0) is 30.1. The molecule has 4 aromatic heterocycles. The van der Waals surface area contributed by atoms with E-state index in [1.807, 2.05) is 25.1 Å². The number of aryl methyl sites for hydroxylation is 2. The van der Waals surface area contributed by atoms with Gasteiger partial charge in [0.1, 0.15) is 23.3 Å². The van der Waals surface area contributed by atoms with Crippen molar-refractivity contribution in [1.82, 2.24) is 34.3 Å². The number of hydrogen-bond donors (Lipinski definition) is 1. The van der Waals surface area contributed by atoms with Gasteiger partial charge in [-0.05, 0) is 56.5 Å². The Hall–Kier alpha value is -4.96. The summed E-state index contributed by atoms with van der Waals surface area (Å²) in [5.41, 5.74) is 3.48. The number of aromatic nitrogens is 7. The lowest BCUT2D eigenvalue weighted by Crippen LogP contribution is -2.20. The van der Waals surface area contributed by atoms with Crippen LogP contribution in [-0.2, 0) is 18.2 Å². The molecule has 1 unspecified atom stereocenters. The van der Waals surface area contributed by atoms with Crippen LogP contribution in [0.15, 0.2) is 42.5 Å². The Morgan fingerprint density at radius 1 is 1.09 bits per heavy atom. The minimum absolute atomic E-state index is 0.262. The van der Waals surface area contributed by atoms with Crippen molar-refractivity contribution in [1.29, 1.82) is 0 Å². The molecule has 11 nitrogen and oxygen atoms in total. The minimum Gasteiger partial charge on any atom is -0.494 e. The fourth-order valence-electron chi connectivity index (χ4n) is 5.42. The summed E-state index contributed by atoms with van der Waals surface area (Å²) in [6.07, 6.45) is -0.908. The molecule has 0 aliphatic carbocycles. The molecule has 1 saturated heterocycles. The summed E-state index contributed by atoms with van der Waals surface area (Å²) in [5, 5.41) is 7.74. The van der Waals surface area contributed by atoms with Crippen molar-refractivity contribution in [2.45, 2.75) is 45.3 Å². The molecule has 1 atom stereocenters. The number of benzene rings is 1. The number of pyridine rings is 2. The number of rotatable bonds is 8. The van der Waals surface area contributed by atoms with E-state index in [0.717, 1.165) is 12.8 Å². The number of halogens is 2. The Labute approximate surface area is 246 Å². The summed E-state index contributed by atoms with van der Waals surface area (Å²) in [6.45, 7) is 9.60. The second-order valence-electron chi connectivity index (χ2n) is 10.2. The number of hydrogen-bond acceptors (Lipinski definition) is 8. The number of ether oxygens (including phenoxy) is 2. The van der Waals surface area contributed by atoms with Gasteiger partial charge in [0, 0.05) is 13.7 Å². The van der Waals surface area contributed by atoms with Crippen LogP contribution in [0.5, 0.6) is 5.75 Å². The van der Waals surface area contributed by atoms with Crippen LogP contribution < -0.4 is 10.1 Å². The average molecular weight is 586 g/mol. The molecule has 1 aliphatic heterocycles. The number of methoxy groups -OCH3 is 1. The van der Waals surface area contributed by atoms with Crippen LogP contribution in [0.25, 0.3) is 27.4 Å². The normalized spacial score (nSPS) is 15.1. The molecular weight excluding hydrogens is 556 g/mol. The molecule has 5 heterocycles. The van der Waals surface area contributed by atoms with E-state index in [-0.39, 0.29) is 23.4 Å². The van der Waals surface area contributed by atoms with E-state index < -0.39 is 18.5 Å². The second-order valence-corrected chi connectivity index (χ2v) is 10.2.